The van der Waals surface area contributed by atoms with Crippen molar-refractivity contribution < 1.29 is 23.5 Å². The number of ether oxygens (including phenoxy) is 2. The first-order valence-electron chi connectivity index (χ1n) is 8.23. The monoisotopic (exact) mass is 362 g/mol. The molecule has 2 rings (SSSR count). The van der Waals surface area contributed by atoms with Gasteiger partial charge in [-0.3, -0.25) is 10.1 Å². The van der Waals surface area contributed by atoms with Crippen molar-refractivity contribution in [3.05, 3.63) is 30.7 Å². The predicted molar refractivity (Wildman–Crippen MR) is 92.5 cm³/mol. The maximum Gasteiger partial charge on any atom is 0.321 e. The summed E-state index contributed by atoms with van der Waals surface area (Å²) in [4.78, 5) is 23.3. The van der Waals surface area contributed by atoms with Crippen LogP contribution >= 0.6 is 0 Å². The van der Waals surface area contributed by atoms with Gasteiger partial charge >= 0.3 is 6.03 Å². The summed E-state index contributed by atoms with van der Waals surface area (Å²) in [6.07, 6.45) is 2.07. The Balaban J connectivity index is 1.64. The minimum absolute atomic E-state index is 0.156. The third-order valence-corrected chi connectivity index (χ3v) is 3.14. The molecule has 26 heavy (non-hydrogen) atoms. The fourth-order valence-corrected chi connectivity index (χ4v) is 1.94. The number of benzene rings is 1. The Morgan fingerprint density at radius 3 is 2.65 bits per heavy atom. The number of carbonyl (C=O) groups is 2. The Morgan fingerprint density at radius 2 is 2.00 bits per heavy atom. The van der Waals surface area contributed by atoms with Gasteiger partial charge < -0.3 is 19.2 Å². The fourth-order valence-electron chi connectivity index (χ4n) is 1.94. The number of nitrogens with zero attached hydrogens (tertiary/aromatic N) is 2. The molecule has 1 aromatic heterocycles. The van der Waals surface area contributed by atoms with Crippen molar-refractivity contribution in [1.82, 2.24) is 20.8 Å². The number of urea groups is 1. The summed E-state index contributed by atoms with van der Waals surface area (Å²) in [5.41, 5.74) is 0.736. The molecule has 0 atom stereocenters. The Labute approximate surface area is 151 Å². The van der Waals surface area contributed by atoms with E-state index in [1.165, 1.54) is 6.39 Å². The van der Waals surface area contributed by atoms with Crippen LogP contribution < -0.4 is 15.4 Å². The molecular weight excluding hydrogens is 340 g/mol. The zero-order chi connectivity index (χ0) is 18.8. The van der Waals surface area contributed by atoms with Gasteiger partial charge in [-0.2, -0.15) is 0 Å². The van der Waals surface area contributed by atoms with Gasteiger partial charge in [-0.15, -0.1) is 10.2 Å². The zero-order valence-electron chi connectivity index (χ0n) is 14.7. The minimum atomic E-state index is -0.560. The first kappa shape index (κ1) is 19.4. The number of carbonyl (C=O) groups excluding carboxylic acids is 2. The lowest BCUT2D eigenvalue weighted by Crippen LogP contribution is -2.42. The molecule has 2 N–H and O–H groups in total. The van der Waals surface area contributed by atoms with Crippen molar-refractivity contribution in [2.75, 3.05) is 19.8 Å². The summed E-state index contributed by atoms with van der Waals surface area (Å²) in [5, 5.41) is 12.2. The molecule has 2 aromatic rings. The highest BCUT2D eigenvalue weighted by Crippen LogP contribution is 2.19. The quantitative estimate of drug-likeness (QED) is 0.653. The molecule has 140 valence electrons. The van der Waals surface area contributed by atoms with Gasteiger partial charge in [0.15, 0.2) is 6.61 Å². The summed E-state index contributed by atoms with van der Waals surface area (Å²) in [6, 6.07) is 6.23. The van der Waals surface area contributed by atoms with Crippen LogP contribution in [0.4, 0.5) is 4.79 Å². The van der Waals surface area contributed by atoms with Crippen LogP contribution in [0.3, 0.4) is 0 Å². The number of aromatic nitrogens is 2. The third kappa shape index (κ3) is 6.89. The normalized spacial score (nSPS) is 10.6. The van der Waals surface area contributed by atoms with E-state index in [1.807, 2.05) is 13.8 Å². The molecule has 0 saturated heterocycles. The van der Waals surface area contributed by atoms with Crippen LogP contribution in [0.25, 0.3) is 11.5 Å². The first-order valence-corrected chi connectivity index (χ1v) is 8.23. The van der Waals surface area contributed by atoms with Gasteiger partial charge in [0.05, 0.1) is 6.10 Å². The van der Waals surface area contributed by atoms with Crippen LogP contribution in [0, 0.1) is 0 Å². The molecular formula is C17H22N4O5. The molecule has 0 unspecified atom stereocenters. The second kappa shape index (κ2) is 10.1. The molecule has 1 heterocycles. The zero-order valence-corrected chi connectivity index (χ0v) is 14.7. The van der Waals surface area contributed by atoms with E-state index in [0.29, 0.717) is 31.2 Å². The standard InChI is InChI=1S/C17H22N4O5/c1-12(2)24-9-3-8-18-17(23)20-15(22)10-25-14-6-4-13(5-7-14)16-21-19-11-26-16/h4-7,11-12H,3,8-10H2,1-2H3,(H2,18,20,22,23). The maximum atomic E-state index is 11.7. The van der Waals surface area contributed by atoms with Crippen molar-refractivity contribution in [3.63, 3.8) is 0 Å². The number of hydrogen-bond acceptors (Lipinski definition) is 7. The molecule has 0 radical (unpaired) electrons. The molecule has 0 aliphatic rings. The number of rotatable bonds is 9. The third-order valence-electron chi connectivity index (χ3n) is 3.14. The lowest BCUT2D eigenvalue weighted by molar-refractivity contribution is -0.122. The van der Waals surface area contributed by atoms with Crippen molar-refractivity contribution >= 4 is 11.9 Å². The number of nitrogens with one attached hydrogen (secondary N) is 2. The van der Waals surface area contributed by atoms with E-state index >= 15 is 0 Å². The maximum absolute atomic E-state index is 11.7. The summed E-state index contributed by atoms with van der Waals surface area (Å²) >= 11 is 0. The molecule has 0 spiro atoms. The highest BCUT2D eigenvalue weighted by atomic mass is 16.5. The topological polar surface area (TPSA) is 116 Å². The van der Waals surface area contributed by atoms with E-state index in [-0.39, 0.29) is 12.7 Å². The van der Waals surface area contributed by atoms with Crippen LogP contribution in [0.1, 0.15) is 20.3 Å². The molecule has 0 bridgehead atoms. The SMILES string of the molecule is CC(C)OCCCNC(=O)NC(=O)COc1ccc(-c2nnco2)cc1. The largest absolute Gasteiger partial charge is 0.484 e. The lowest BCUT2D eigenvalue weighted by atomic mass is 10.2. The molecule has 1 aromatic carbocycles. The van der Waals surface area contributed by atoms with Gasteiger partial charge in [-0.25, -0.2) is 4.79 Å². The van der Waals surface area contributed by atoms with Crippen LogP contribution in [0.2, 0.25) is 0 Å². The van der Waals surface area contributed by atoms with Gasteiger partial charge in [0.1, 0.15) is 5.75 Å². The van der Waals surface area contributed by atoms with Crippen LogP contribution in [-0.4, -0.2) is 48.0 Å². The Kier molecular flexibility index (Phi) is 7.56. The fraction of sp³-hybridized carbons (Fsp3) is 0.412. The van der Waals surface area contributed by atoms with Crippen molar-refractivity contribution in [2.45, 2.75) is 26.4 Å². The van der Waals surface area contributed by atoms with Gasteiger partial charge in [0, 0.05) is 18.7 Å². The second-order valence-electron chi connectivity index (χ2n) is 5.63. The lowest BCUT2D eigenvalue weighted by Gasteiger charge is -2.09. The molecule has 0 saturated carbocycles. The predicted octanol–water partition coefficient (Wildman–Crippen LogP) is 1.76. The number of hydrogen-bond donors (Lipinski definition) is 2. The van der Waals surface area contributed by atoms with Crippen LogP contribution in [-0.2, 0) is 9.53 Å². The first-order chi connectivity index (χ1) is 12.5. The minimum Gasteiger partial charge on any atom is -0.484 e. The van der Waals surface area contributed by atoms with Crippen LogP contribution in [0.15, 0.2) is 35.1 Å². The van der Waals surface area contributed by atoms with E-state index in [2.05, 4.69) is 20.8 Å². The van der Waals surface area contributed by atoms with E-state index in [4.69, 9.17) is 13.9 Å². The van der Waals surface area contributed by atoms with Gasteiger partial charge in [-0.05, 0) is 44.5 Å². The Hall–Kier alpha value is -2.94. The van der Waals surface area contributed by atoms with E-state index in [0.717, 1.165) is 5.56 Å². The highest BCUT2D eigenvalue weighted by molar-refractivity contribution is 5.94. The van der Waals surface area contributed by atoms with Crippen molar-refractivity contribution in [1.29, 1.82) is 0 Å². The average molecular weight is 362 g/mol. The number of imide groups is 1. The van der Waals surface area contributed by atoms with Gasteiger partial charge in [-0.1, -0.05) is 0 Å². The summed E-state index contributed by atoms with van der Waals surface area (Å²) in [5.74, 6) is 0.335. The second-order valence-corrected chi connectivity index (χ2v) is 5.63. The summed E-state index contributed by atoms with van der Waals surface area (Å²) < 4.78 is 15.8. The van der Waals surface area contributed by atoms with Crippen LogP contribution in [0.5, 0.6) is 5.75 Å². The van der Waals surface area contributed by atoms with E-state index in [9.17, 15) is 9.59 Å². The summed E-state index contributed by atoms with van der Waals surface area (Å²) in [6.45, 7) is 4.58. The smallest absolute Gasteiger partial charge is 0.321 e. The summed E-state index contributed by atoms with van der Waals surface area (Å²) in [7, 11) is 0. The van der Waals surface area contributed by atoms with E-state index < -0.39 is 11.9 Å². The Morgan fingerprint density at radius 1 is 1.23 bits per heavy atom. The average Bonchev–Trinajstić information content (AvgIpc) is 3.14. The van der Waals surface area contributed by atoms with Crippen molar-refractivity contribution in [3.8, 4) is 17.2 Å². The highest BCUT2D eigenvalue weighted by Gasteiger charge is 2.09. The van der Waals surface area contributed by atoms with E-state index in [1.54, 1.807) is 24.3 Å². The molecule has 3 amide bonds. The molecule has 0 aliphatic carbocycles. The Bertz CT molecular complexity index is 686. The molecule has 0 aliphatic heterocycles. The van der Waals surface area contributed by atoms with Gasteiger partial charge in [0.25, 0.3) is 5.91 Å². The number of amides is 3. The molecule has 9 heteroatoms. The molecule has 0 fully saturated rings. The molecule has 9 nitrogen and oxygen atoms in total. The van der Waals surface area contributed by atoms with Gasteiger partial charge in [0.2, 0.25) is 12.3 Å². The van der Waals surface area contributed by atoms with Crippen molar-refractivity contribution in [2.24, 2.45) is 0 Å².